The van der Waals surface area contributed by atoms with Crippen molar-refractivity contribution < 1.29 is 0 Å². The summed E-state index contributed by atoms with van der Waals surface area (Å²) in [5, 5.41) is 11.6. The zero-order valence-electron chi connectivity index (χ0n) is 8.95. The predicted molar refractivity (Wildman–Crippen MR) is 55.1 cm³/mol. The maximum atomic E-state index is 4.21. The normalized spacial score (nSPS) is 20.9. The molecular weight excluding hydrogens is 176 g/mol. The van der Waals surface area contributed by atoms with Gasteiger partial charge in [0.1, 0.15) is 0 Å². The van der Waals surface area contributed by atoms with Gasteiger partial charge in [-0.15, -0.1) is 5.10 Å². The molecule has 1 aromatic rings. The Hall–Kier alpha value is -0.900. The summed E-state index contributed by atoms with van der Waals surface area (Å²) >= 11 is 0. The summed E-state index contributed by atoms with van der Waals surface area (Å²) in [6.07, 6.45) is 3.48. The molecule has 0 radical (unpaired) electrons. The largest absolute Gasteiger partial charge is 0.319 e. The minimum Gasteiger partial charge on any atom is -0.319 e. The van der Waals surface area contributed by atoms with Gasteiger partial charge in [-0.3, -0.25) is 0 Å². The molecular formula is C10H18N4. The number of nitrogens with zero attached hydrogens (tertiary/aromatic N) is 3. The second kappa shape index (κ2) is 4.09. The number of hydrogen-bond acceptors (Lipinski definition) is 3. The molecule has 0 aliphatic heterocycles. The van der Waals surface area contributed by atoms with Crippen LogP contribution in [-0.4, -0.2) is 28.6 Å². The maximum absolute atomic E-state index is 4.21. The van der Waals surface area contributed by atoms with Crippen LogP contribution in [0.25, 0.3) is 0 Å². The van der Waals surface area contributed by atoms with Crippen molar-refractivity contribution in [1.82, 2.24) is 20.3 Å². The molecule has 14 heavy (non-hydrogen) atoms. The van der Waals surface area contributed by atoms with Gasteiger partial charge in [0.05, 0.1) is 11.4 Å². The molecule has 1 aromatic heterocycles. The lowest BCUT2D eigenvalue weighted by Crippen LogP contribution is -2.26. The summed E-state index contributed by atoms with van der Waals surface area (Å²) in [5.74, 6) is 0.760. The van der Waals surface area contributed by atoms with Crippen LogP contribution in [0.3, 0.4) is 0 Å². The minimum absolute atomic E-state index is 0.760. The fraction of sp³-hybridized carbons (Fsp3) is 0.800. The van der Waals surface area contributed by atoms with Crippen molar-refractivity contribution in [2.24, 2.45) is 5.92 Å². The van der Waals surface area contributed by atoms with Gasteiger partial charge >= 0.3 is 0 Å². The Labute approximate surface area is 84.7 Å². The summed E-state index contributed by atoms with van der Waals surface area (Å²) in [5.41, 5.74) is 2.58. The SMILES string of the molecule is CCn1nnc2c1CC(CNC)CC2. The summed E-state index contributed by atoms with van der Waals surface area (Å²) in [6.45, 7) is 4.17. The van der Waals surface area contributed by atoms with Crippen LogP contribution >= 0.6 is 0 Å². The first-order chi connectivity index (χ1) is 6.85. The molecule has 1 aliphatic carbocycles. The zero-order valence-corrected chi connectivity index (χ0v) is 8.95. The van der Waals surface area contributed by atoms with Gasteiger partial charge < -0.3 is 5.32 Å². The highest BCUT2D eigenvalue weighted by atomic mass is 15.4. The molecule has 1 atom stereocenters. The van der Waals surface area contributed by atoms with Gasteiger partial charge in [0.15, 0.2) is 0 Å². The third-order valence-corrected chi connectivity index (χ3v) is 2.98. The molecule has 4 heteroatoms. The first-order valence-electron chi connectivity index (χ1n) is 5.41. The Balaban J connectivity index is 2.14. The molecule has 1 aliphatic rings. The van der Waals surface area contributed by atoms with E-state index in [9.17, 15) is 0 Å². The summed E-state index contributed by atoms with van der Waals surface area (Å²) < 4.78 is 2.04. The predicted octanol–water partition coefficient (Wildman–Crippen LogP) is 0.622. The smallest absolute Gasteiger partial charge is 0.0859 e. The van der Waals surface area contributed by atoms with Crippen LogP contribution < -0.4 is 5.32 Å². The van der Waals surface area contributed by atoms with E-state index in [1.807, 2.05) is 11.7 Å². The van der Waals surface area contributed by atoms with E-state index in [4.69, 9.17) is 0 Å². The number of nitrogens with one attached hydrogen (secondary N) is 1. The lowest BCUT2D eigenvalue weighted by atomic mass is 9.89. The molecule has 0 fully saturated rings. The summed E-state index contributed by atoms with van der Waals surface area (Å²) in [6, 6.07) is 0. The Morgan fingerprint density at radius 2 is 2.43 bits per heavy atom. The highest BCUT2D eigenvalue weighted by Gasteiger charge is 2.22. The number of hydrogen-bond donors (Lipinski definition) is 1. The van der Waals surface area contributed by atoms with Crippen LogP contribution in [0.4, 0.5) is 0 Å². The molecule has 78 valence electrons. The Bertz CT molecular complexity index is 292. The average molecular weight is 194 g/mol. The third-order valence-electron chi connectivity index (χ3n) is 2.98. The van der Waals surface area contributed by atoms with E-state index in [0.717, 1.165) is 31.8 Å². The number of aromatic nitrogens is 3. The lowest BCUT2D eigenvalue weighted by Gasteiger charge is -2.21. The fourth-order valence-electron chi connectivity index (χ4n) is 2.22. The molecule has 0 saturated heterocycles. The molecule has 0 bridgehead atoms. The van der Waals surface area contributed by atoms with Gasteiger partial charge in [-0.25, -0.2) is 4.68 Å². The molecule has 1 N–H and O–H groups in total. The van der Waals surface area contributed by atoms with Gasteiger partial charge in [-0.2, -0.15) is 0 Å². The van der Waals surface area contributed by atoms with Crippen molar-refractivity contribution in [3.63, 3.8) is 0 Å². The van der Waals surface area contributed by atoms with Gasteiger partial charge in [0.25, 0.3) is 0 Å². The van der Waals surface area contributed by atoms with E-state index in [-0.39, 0.29) is 0 Å². The number of fused-ring (bicyclic) bond motifs is 1. The second-order valence-corrected chi connectivity index (χ2v) is 3.97. The van der Waals surface area contributed by atoms with Crippen molar-refractivity contribution in [1.29, 1.82) is 0 Å². The van der Waals surface area contributed by atoms with Crippen LogP contribution in [0.5, 0.6) is 0 Å². The first-order valence-corrected chi connectivity index (χ1v) is 5.41. The van der Waals surface area contributed by atoms with E-state index in [1.54, 1.807) is 0 Å². The van der Waals surface area contributed by atoms with Crippen LogP contribution in [0.15, 0.2) is 0 Å². The van der Waals surface area contributed by atoms with Crippen molar-refractivity contribution in [2.45, 2.75) is 32.7 Å². The molecule has 4 nitrogen and oxygen atoms in total. The zero-order chi connectivity index (χ0) is 9.97. The van der Waals surface area contributed by atoms with Crippen molar-refractivity contribution in [3.05, 3.63) is 11.4 Å². The maximum Gasteiger partial charge on any atom is 0.0859 e. The van der Waals surface area contributed by atoms with E-state index in [0.29, 0.717) is 0 Å². The van der Waals surface area contributed by atoms with Crippen LogP contribution in [0.1, 0.15) is 24.7 Å². The lowest BCUT2D eigenvalue weighted by molar-refractivity contribution is 0.421. The molecule has 0 saturated carbocycles. The van der Waals surface area contributed by atoms with E-state index >= 15 is 0 Å². The molecule has 1 unspecified atom stereocenters. The Kier molecular flexibility index (Phi) is 2.82. The number of aryl methyl sites for hydroxylation is 2. The van der Waals surface area contributed by atoms with Crippen LogP contribution in [0, 0.1) is 5.92 Å². The Morgan fingerprint density at radius 3 is 3.14 bits per heavy atom. The first kappa shape index (κ1) is 9.65. The van der Waals surface area contributed by atoms with Crippen LogP contribution in [0.2, 0.25) is 0 Å². The van der Waals surface area contributed by atoms with Gasteiger partial charge in [-0.05, 0) is 45.7 Å². The number of rotatable bonds is 3. The highest BCUT2D eigenvalue weighted by molar-refractivity contribution is 5.14. The minimum atomic E-state index is 0.760. The third kappa shape index (κ3) is 1.66. The average Bonchev–Trinajstić information content (AvgIpc) is 2.60. The standard InChI is InChI=1S/C10H18N4/c1-3-14-10-6-8(7-11-2)4-5-9(10)12-13-14/h8,11H,3-7H2,1-2H3. The van der Waals surface area contributed by atoms with Crippen molar-refractivity contribution in [2.75, 3.05) is 13.6 Å². The molecule has 1 heterocycles. The fourth-order valence-corrected chi connectivity index (χ4v) is 2.22. The van der Waals surface area contributed by atoms with E-state index in [1.165, 1.54) is 17.8 Å². The van der Waals surface area contributed by atoms with E-state index < -0.39 is 0 Å². The van der Waals surface area contributed by atoms with Crippen molar-refractivity contribution >= 4 is 0 Å². The van der Waals surface area contributed by atoms with Gasteiger partial charge in [0, 0.05) is 6.54 Å². The van der Waals surface area contributed by atoms with Gasteiger partial charge in [0.2, 0.25) is 0 Å². The molecule has 0 amide bonds. The van der Waals surface area contributed by atoms with Crippen molar-refractivity contribution in [3.8, 4) is 0 Å². The summed E-state index contributed by atoms with van der Waals surface area (Å²) in [4.78, 5) is 0. The topological polar surface area (TPSA) is 42.7 Å². The van der Waals surface area contributed by atoms with E-state index in [2.05, 4.69) is 22.6 Å². The quantitative estimate of drug-likeness (QED) is 0.767. The Morgan fingerprint density at radius 1 is 1.57 bits per heavy atom. The molecule has 0 spiro atoms. The second-order valence-electron chi connectivity index (χ2n) is 3.97. The molecule has 0 aromatic carbocycles. The summed E-state index contributed by atoms with van der Waals surface area (Å²) in [7, 11) is 2.02. The molecule has 2 rings (SSSR count). The van der Waals surface area contributed by atoms with Gasteiger partial charge in [-0.1, -0.05) is 5.21 Å². The monoisotopic (exact) mass is 194 g/mol. The van der Waals surface area contributed by atoms with Crippen LogP contribution in [-0.2, 0) is 19.4 Å². The highest BCUT2D eigenvalue weighted by Crippen LogP contribution is 2.23.